The quantitative estimate of drug-likeness (QED) is 0.501. The van der Waals surface area contributed by atoms with Crippen molar-refractivity contribution in [3.8, 4) is 11.5 Å². The van der Waals surface area contributed by atoms with E-state index in [-0.39, 0.29) is 5.56 Å². The molecule has 2 aromatic carbocycles. The second-order valence-corrected chi connectivity index (χ2v) is 5.56. The van der Waals surface area contributed by atoms with Crippen molar-refractivity contribution in [2.75, 3.05) is 5.32 Å². The summed E-state index contributed by atoms with van der Waals surface area (Å²) >= 11 is 0. The normalized spacial score (nSPS) is 10.6. The number of aromatic nitrogens is 3. The molecule has 0 aliphatic heterocycles. The van der Waals surface area contributed by atoms with Crippen LogP contribution in [0, 0.1) is 0 Å². The molecule has 2 heterocycles. The Hall–Kier alpha value is -3.87. The highest BCUT2D eigenvalue weighted by Crippen LogP contribution is 2.24. The highest BCUT2D eigenvalue weighted by atomic mass is 16.5. The van der Waals surface area contributed by atoms with Gasteiger partial charge in [0.1, 0.15) is 11.5 Å². The number of anilines is 2. The van der Waals surface area contributed by atoms with E-state index in [1.807, 2.05) is 24.3 Å². The molecule has 0 unspecified atom stereocenters. The smallest absolute Gasteiger partial charge is 0.335 e. The maximum Gasteiger partial charge on any atom is 0.335 e. The number of nitrogens with zero attached hydrogens (tertiary/aromatic N) is 2. The first kappa shape index (κ1) is 15.6. The first-order valence-corrected chi connectivity index (χ1v) is 7.85. The Balaban J connectivity index is 1.50. The van der Waals surface area contributed by atoms with Gasteiger partial charge in [0, 0.05) is 18.1 Å². The molecule has 7 heteroatoms. The number of carboxylic acids is 1. The fourth-order valence-electron chi connectivity index (χ4n) is 2.49. The minimum absolute atomic E-state index is 0.213. The largest absolute Gasteiger partial charge is 0.478 e. The van der Waals surface area contributed by atoms with Crippen LogP contribution in [0.5, 0.6) is 11.5 Å². The molecule has 0 saturated heterocycles. The summed E-state index contributed by atoms with van der Waals surface area (Å²) < 4.78 is 5.72. The lowest BCUT2D eigenvalue weighted by molar-refractivity contribution is 0.0697. The summed E-state index contributed by atoms with van der Waals surface area (Å²) in [5.74, 6) is 0.982. The summed E-state index contributed by atoms with van der Waals surface area (Å²) in [6.45, 7) is 0. The number of carboxylic acid groups (broad SMARTS) is 1. The minimum atomic E-state index is -0.971. The van der Waals surface area contributed by atoms with E-state index in [2.05, 4.69) is 20.3 Å². The van der Waals surface area contributed by atoms with Crippen molar-refractivity contribution >= 4 is 28.6 Å². The zero-order chi connectivity index (χ0) is 17.9. The van der Waals surface area contributed by atoms with Gasteiger partial charge in [-0.3, -0.25) is 4.98 Å². The SMILES string of the molecule is O=C(O)c1ccc2nc(Nc3ccc(Oc4ccncc4)cc3)[nH]c2c1. The van der Waals surface area contributed by atoms with Gasteiger partial charge in [-0.15, -0.1) is 0 Å². The molecule has 0 bridgehead atoms. The van der Waals surface area contributed by atoms with Crippen LogP contribution in [0.25, 0.3) is 11.0 Å². The van der Waals surface area contributed by atoms with Gasteiger partial charge in [-0.25, -0.2) is 9.78 Å². The monoisotopic (exact) mass is 346 g/mol. The van der Waals surface area contributed by atoms with Crippen molar-refractivity contribution in [2.45, 2.75) is 0 Å². The number of benzene rings is 2. The summed E-state index contributed by atoms with van der Waals surface area (Å²) in [5.41, 5.74) is 2.38. The van der Waals surface area contributed by atoms with Crippen molar-refractivity contribution in [3.63, 3.8) is 0 Å². The molecular weight excluding hydrogens is 332 g/mol. The van der Waals surface area contributed by atoms with E-state index >= 15 is 0 Å². The van der Waals surface area contributed by atoms with Gasteiger partial charge in [0.05, 0.1) is 16.6 Å². The first-order chi connectivity index (χ1) is 12.7. The van der Waals surface area contributed by atoms with Gasteiger partial charge < -0.3 is 20.1 Å². The lowest BCUT2D eigenvalue weighted by Gasteiger charge is -2.07. The van der Waals surface area contributed by atoms with Gasteiger partial charge in [0.25, 0.3) is 0 Å². The highest BCUT2D eigenvalue weighted by Gasteiger charge is 2.08. The van der Waals surface area contributed by atoms with Crippen molar-refractivity contribution in [2.24, 2.45) is 0 Å². The maximum absolute atomic E-state index is 11.0. The van der Waals surface area contributed by atoms with Gasteiger partial charge in [0.15, 0.2) is 0 Å². The predicted octanol–water partition coefficient (Wildman–Crippen LogP) is 4.19. The van der Waals surface area contributed by atoms with E-state index < -0.39 is 5.97 Å². The van der Waals surface area contributed by atoms with Gasteiger partial charge in [-0.2, -0.15) is 0 Å². The van der Waals surface area contributed by atoms with Crippen LogP contribution in [0.2, 0.25) is 0 Å². The first-order valence-electron chi connectivity index (χ1n) is 7.85. The molecule has 4 rings (SSSR count). The van der Waals surface area contributed by atoms with Gasteiger partial charge >= 0.3 is 5.97 Å². The number of rotatable bonds is 5. The van der Waals surface area contributed by atoms with Gasteiger partial charge in [0.2, 0.25) is 5.95 Å². The average molecular weight is 346 g/mol. The summed E-state index contributed by atoms with van der Waals surface area (Å²) in [6, 6.07) is 15.7. The molecule has 0 aliphatic rings. The van der Waals surface area contributed by atoms with E-state index in [4.69, 9.17) is 9.84 Å². The lowest BCUT2D eigenvalue weighted by atomic mass is 10.2. The Kier molecular flexibility index (Phi) is 3.95. The number of hydrogen-bond donors (Lipinski definition) is 3. The number of carbonyl (C=O) groups is 1. The Morgan fingerprint density at radius 2 is 1.73 bits per heavy atom. The Morgan fingerprint density at radius 1 is 1.00 bits per heavy atom. The van der Waals surface area contributed by atoms with Crippen LogP contribution < -0.4 is 10.1 Å². The lowest BCUT2D eigenvalue weighted by Crippen LogP contribution is -1.94. The summed E-state index contributed by atoms with van der Waals surface area (Å²) in [4.78, 5) is 22.5. The number of nitrogens with one attached hydrogen (secondary N) is 2. The summed E-state index contributed by atoms with van der Waals surface area (Å²) in [7, 11) is 0. The molecule has 7 nitrogen and oxygen atoms in total. The number of pyridine rings is 1. The standard InChI is InChI=1S/C19H14N4O3/c24-18(25)12-1-6-16-17(11-12)23-19(22-16)21-13-2-4-14(5-3-13)26-15-7-9-20-10-8-15/h1-11H,(H,24,25)(H2,21,22,23). The van der Waals surface area contributed by atoms with Gasteiger partial charge in [-0.1, -0.05) is 0 Å². The van der Waals surface area contributed by atoms with Crippen molar-refractivity contribution in [3.05, 3.63) is 72.6 Å². The predicted molar refractivity (Wildman–Crippen MR) is 97.1 cm³/mol. The second-order valence-electron chi connectivity index (χ2n) is 5.56. The molecule has 4 aromatic rings. The number of ether oxygens (including phenoxy) is 1. The Labute approximate surface area is 148 Å². The van der Waals surface area contributed by atoms with E-state index in [0.29, 0.717) is 28.5 Å². The molecule has 3 N–H and O–H groups in total. The van der Waals surface area contributed by atoms with Crippen LogP contribution in [0.3, 0.4) is 0 Å². The molecule has 0 amide bonds. The second kappa shape index (κ2) is 6.56. The van der Waals surface area contributed by atoms with Crippen molar-refractivity contribution < 1.29 is 14.6 Å². The van der Waals surface area contributed by atoms with E-state index in [1.54, 1.807) is 36.7 Å². The van der Waals surface area contributed by atoms with E-state index in [0.717, 1.165) is 5.69 Å². The van der Waals surface area contributed by atoms with Crippen LogP contribution in [0.1, 0.15) is 10.4 Å². The molecular formula is C19H14N4O3. The third kappa shape index (κ3) is 3.32. The zero-order valence-electron chi connectivity index (χ0n) is 13.5. The topological polar surface area (TPSA) is 100 Å². The Bertz CT molecular complexity index is 1060. The van der Waals surface area contributed by atoms with Crippen LogP contribution in [0.4, 0.5) is 11.6 Å². The molecule has 128 valence electrons. The van der Waals surface area contributed by atoms with E-state index in [1.165, 1.54) is 6.07 Å². The fourth-order valence-corrected chi connectivity index (χ4v) is 2.49. The molecule has 0 atom stereocenters. The zero-order valence-corrected chi connectivity index (χ0v) is 13.5. The number of aromatic amines is 1. The number of fused-ring (bicyclic) bond motifs is 1. The molecule has 0 spiro atoms. The molecule has 0 saturated carbocycles. The molecule has 0 fully saturated rings. The summed E-state index contributed by atoms with van der Waals surface area (Å²) in [5, 5.41) is 12.2. The van der Waals surface area contributed by atoms with Gasteiger partial charge in [-0.05, 0) is 54.6 Å². The van der Waals surface area contributed by atoms with Crippen LogP contribution >= 0.6 is 0 Å². The highest BCUT2D eigenvalue weighted by molar-refractivity contribution is 5.92. The Morgan fingerprint density at radius 3 is 2.46 bits per heavy atom. The van der Waals surface area contributed by atoms with Crippen molar-refractivity contribution in [1.29, 1.82) is 0 Å². The van der Waals surface area contributed by atoms with Crippen LogP contribution in [0.15, 0.2) is 67.0 Å². The molecule has 0 aliphatic carbocycles. The maximum atomic E-state index is 11.0. The van der Waals surface area contributed by atoms with Crippen LogP contribution in [-0.4, -0.2) is 26.0 Å². The summed E-state index contributed by atoms with van der Waals surface area (Å²) in [6.07, 6.45) is 3.34. The number of hydrogen-bond acceptors (Lipinski definition) is 5. The minimum Gasteiger partial charge on any atom is -0.478 e. The van der Waals surface area contributed by atoms with E-state index in [9.17, 15) is 4.79 Å². The number of H-pyrrole nitrogens is 1. The van der Waals surface area contributed by atoms with Crippen molar-refractivity contribution in [1.82, 2.24) is 15.0 Å². The fraction of sp³-hybridized carbons (Fsp3) is 0. The molecule has 26 heavy (non-hydrogen) atoms. The third-order valence-corrected chi connectivity index (χ3v) is 3.73. The number of aromatic carboxylic acids is 1. The molecule has 0 radical (unpaired) electrons. The third-order valence-electron chi connectivity index (χ3n) is 3.73. The molecule has 2 aromatic heterocycles. The number of imidazole rings is 1. The van der Waals surface area contributed by atoms with Crippen LogP contribution in [-0.2, 0) is 0 Å². The average Bonchev–Trinajstić information content (AvgIpc) is 3.05.